The van der Waals surface area contributed by atoms with Crippen molar-refractivity contribution in [2.24, 2.45) is 0 Å². The Kier molecular flexibility index (Phi) is 3.07. The molecule has 1 aromatic carbocycles. The lowest BCUT2D eigenvalue weighted by Gasteiger charge is -2.13. The minimum Gasteiger partial charge on any atom is -0.469 e. The van der Waals surface area contributed by atoms with E-state index in [0.29, 0.717) is 5.92 Å². The SMILES string of the molecule is c1ccc([C@@H](Cc2nc(C3CC3)n[nH]2)c2ccco2)cc1. The van der Waals surface area contributed by atoms with E-state index in [1.54, 1.807) is 6.26 Å². The van der Waals surface area contributed by atoms with Gasteiger partial charge in [-0.1, -0.05) is 30.3 Å². The third kappa shape index (κ3) is 2.61. The molecule has 106 valence electrons. The van der Waals surface area contributed by atoms with E-state index in [1.807, 2.05) is 18.2 Å². The van der Waals surface area contributed by atoms with Crippen molar-refractivity contribution in [2.45, 2.75) is 31.1 Å². The summed E-state index contributed by atoms with van der Waals surface area (Å²) in [6.07, 6.45) is 4.94. The smallest absolute Gasteiger partial charge is 0.153 e. The van der Waals surface area contributed by atoms with Crippen LogP contribution in [0.3, 0.4) is 0 Å². The number of H-pyrrole nitrogens is 1. The second kappa shape index (κ2) is 5.20. The summed E-state index contributed by atoms with van der Waals surface area (Å²) in [5, 5.41) is 7.43. The summed E-state index contributed by atoms with van der Waals surface area (Å²) in [4.78, 5) is 4.64. The molecule has 4 nitrogen and oxygen atoms in total. The van der Waals surface area contributed by atoms with Crippen molar-refractivity contribution in [3.05, 3.63) is 71.7 Å². The van der Waals surface area contributed by atoms with Gasteiger partial charge in [-0.3, -0.25) is 5.10 Å². The highest BCUT2D eigenvalue weighted by Gasteiger charge is 2.28. The first-order valence-electron chi connectivity index (χ1n) is 7.39. The molecule has 3 aromatic rings. The van der Waals surface area contributed by atoms with Crippen LogP contribution in [0.25, 0.3) is 0 Å². The molecule has 4 heteroatoms. The highest BCUT2D eigenvalue weighted by molar-refractivity contribution is 5.28. The van der Waals surface area contributed by atoms with Gasteiger partial charge >= 0.3 is 0 Å². The molecule has 1 aliphatic rings. The van der Waals surface area contributed by atoms with Gasteiger partial charge in [0, 0.05) is 18.3 Å². The molecule has 0 amide bonds. The van der Waals surface area contributed by atoms with Crippen molar-refractivity contribution in [1.29, 1.82) is 0 Å². The number of nitrogens with zero attached hydrogens (tertiary/aromatic N) is 2. The zero-order valence-corrected chi connectivity index (χ0v) is 11.7. The van der Waals surface area contributed by atoms with Gasteiger partial charge < -0.3 is 4.42 Å². The van der Waals surface area contributed by atoms with E-state index in [1.165, 1.54) is 18.4 Å². The summed E-state index contributed by atoms with van der Waals surface area (Å²) < 4.78 is 5.63. The lowest BCUT2D eigenvalue weighted by molar-refractivity contribution is 0.481. The average molecular weight is 279 g/mol. The Morgan fingerprint density at radius 3 is 2.71 bits per heavy atom. The van der Waals surface area contributed by atoms with Crippen LogP contribution in [0.5, 0.6) is 0 Å². The molecule has 0 unspecified atom stereocenters. The molecule has 0 aliphatic heterocycles. The van der Waals surface area contributed by atoms with Crippen LogP contribution in [0, 0.1) is 0 Å². The maximum absolute atomic E-state index is 5.63. The highest BCUT2D eigenvalue weighted by Crippen LogP contribution is 2.38. The number of furan rings is 1. The van der Waals surface area contributed by atoms with E-state index in [-0.39, 0.29) is 5.92 Å². The second-order valence-corrected chi connectivity index (χ2v) is 5.60. The van der Waals surface area contributed by atoms with E-state index in [4.69, 9.17) is 4.42 Å². The van der Waals surface area contributed by atoms with Crippen LogP contribution in [-0.2, 0) is 6.42 Å². The van der Waals surface area contributed by atoms with Gasteiger partial charge in [0.1, 0.15) is 11.6 Å². The number of hydrogen-bond acceptors (Lipinski definition) is 3. The van der Waals surface area contributed by atoms with Gasteiger partial charge in [-0.2, -0.15) is 5.10 Å². The molecule has 0 radical (unpaired) electrons. The maximum atomic E-state index is 5.63. The minimum absolute atomic E-state index is 0.168. The molecule has 21 heavy (non-hydrogen) atoms. The van der Waals surface area contributed by atoms with Crippen LogP contribution in [-0.4, -0.2) is 15.2 Å². The van der Waals surface area contributed by atoms with E-state index < -0.39 is 0 Å². The standard InChI is InChI=1S/C17H17N3O/c1-2-5-12(6-3-1)14(15-7-4-10-21-15)11-16-18-17(20-19-16)13-8-9-13/h1-7,10,13-14H,8-9,11H2,(H,18,19,20)/t14-/m1/s1. The number of benzene rings is 1. The number of hydrogen-bond donors (Lipinski definition) is 1. The third-order valence-electron chi connectivity index (χ3n) is 3.98. The van der Waals surface area contributed by atoms with Gasteiger partial charge in [-0.25, -0.2) is 4.98 Å². The topological polar surface area (TPSA) is 54.7 Å². The summed E-state index contributed by atoms with van der Waals surface area (Å²) in [6, 6.07) is 14.4. The normalized spacial score (nSPS) is 16.0. The van der Waals surface area contributed by atoms with Gasteiger partial charge in [-0.15, -0.1) is 0 Å². The largest absolute Gasteiger partial charge is 0.469 e. The van der Waals surface area contributed by atoms with Gasteiger partial charge in [0.05, 0.1) is 6.26 Å². The molecular weight excluding hydrogens is 262 g/mol. The molecule has 0 bridgehead atoms. The molecular formula is C17H17N3O. The first kappa shape index (κ1) is 12.4. The van der Waals surface area contributed by atoms with Crippen molar-refractivity contribution < 1.29 is 4.42 Å². The molecule has 1 atom stereocenters. The van der Waals surface area contributed by atoms with E-state index >= 15 is 0 Å². The number of nitrogens with one attached hydrogen (secondary N) is 1. The van der Waals surface area contributed by atoms with Gasteiger partial charge in [0.15, 0.2) is 5.82 Å². The van der Waals surface area contributed by atoms with Crippen molar-refractivity contribution in [3.8, 4) is 0 Å². The van der Waals surface area contributed by atoms with Gasteiger partial charge in [0.25, 0.3) is 0 Å². The summed E-state index contributed by atoms with van der Waals surface area (Å²) in [5.74, 6) is 3.61. The summed E-state index contributed by atoms with van der Waals surface area (Å²) in [5.41, 5.74) is 1.23. The van der Waals surface area contributed by atoms with Crippen LogP contribution in [0.4, 0.5) is 0 Å². The fourth-order valence-electron chi connectivity index (χ4n) is 2.68. The fourth-order valence-corrected chi connectivity index (χ4v) is 2.68. The number of rotatable bonds is 5. The molecule has 1 N–H and O–H groups in total. The van der Waals surface area contributed by atoms with E-state index in [9.17, 15) is 0 Å². The Morgan fingerprint density at radius 2 is 2.00 bits per heavy atom. The monoisotopic (exact) mass is 279 g/mol. The predicted octanol–water partition coefficient (Wildman–Crippen LogP) is 3.65. The summed E-state index contributed by atoms with van der Waals surface area (Å²) >= 11 is 0. The molecule has 0 spiro atoms. The first-order valence-corrected chi connectivity index (χ1v) is 7.39. The number of aromatic amines is 1. The highest BCUT2D eigenvalue weighted by atomic mass is 16.3. The van der Waals surface area contributed by atoms with Crippen LogP contribution >= 0.6 is 0 Å². The molecule has 0 saturated heterocycles. The first-order chi connectivity index (χ1) is 10.4. The molecule has 2 heterocycles. The minimum atomic E-state index is 0.168. The van der Waals surface area contributed by atoms with E-state index in [2.05, 4.69) is 39.4 Å². The molecule has 1 aliphatic carbocycles. The maximum Gasteiger partial charge on any atom is 0.153 e. The van der Waals surface area contributed by atoms with Crippen molar-refractivity contribution in [1.82, 2.24) is 15.2 Å². The van der Waals surface area contributed by atoms with Crippen molar-refractivity contribution >= 4 is 0 Å². The van der Waals surface area contributed by atoms with Crippen LogP contribution in [0.15, 0.2) is 53.1 Å². The lowest BCUT2D eigenvalue weighted by Crippen LogP contribution is -2.05. The molecule has 1 fully saturated rings. The summed E-state index contributed by atoms with van der Waals surface area (Å²) in [7, 11) is 0. The Morgan fingerprint density at radius 1 is 1.14 bits per heavy atom. The quantitative estimate of drug-likeness (QED) is 0.775. The Labute approximate surface area is 123 Å². The Balaban J connectivity index is 1.62. The Bertz CT molecular complexity index is 699. The van der Waals surface area contributed by atoms with Crippen molar-refractivity contribution in [3.63, 3.8) is 0 Å². The zero-order chi connectivity index (χ0) is 14.1. The van der Waals surface area contributed by atoms with Crippen LogP contribution < -0.4 is 0 Å². The average Bonchev–Trinajstić information content (AvgIpc) is 3.04. The second-order valence-electron chi connectivity index (χ2n) is 5.60. The molecule has 2 aromatic heterocycles. The van der Waals surface area contributed by atoms with Crippen LogP contribution in [0.1, 0.15) is 47.6 Å². The van der Waals surface area contributed by atoms with Gasteiger partial charge in [-0.05, 0) is 30.5 Å². The Hall–Kier alpha value is -2.36. The number of aromatic nitrogens is 3. The van der Waals surface area contributed by atoms with E-state index in [0.717, 1.165) is 23.8 Å². The zero-order valence-electron chi connectivity index (χ0n) is 11.7. The molecule has 4 rings (SSSR count). The third-order valence-corrected chi connectivity index (χ3v) is 3.98. The predicted molar refractivity (Wildman–Crippen MR) is 79.1 cm³/mol. The molecule has 1 saturated carbocycles. The fraction of sp³-hybridized carbons (Fsp3) is 0.294. The van der Waals surface area contributed by atoms with Crippen molar-refractivity contribution in [2.75, 3.05) is 0 Å². The van der Waals surface area contributed by atoms with Crippen LogP contribution in [0.2, 0.25) is 0 Å². The van der Waals surface area contributed by atoms with Gasteiger partial charge in [0.2, 0.25) is 0 Å². The summed E-state index contributed by atoms with van der Waals surface area (Å²) in [6.45, 7) is 0. The lowest BCUT2D eigenvalue weighted by atomic mass is 9.93.